The molecule has 110 valence electrons. The average molecular weight is 294 g/mol. The molecule has 0 aliphatic heterocycles. The molecule has 6 heteroatoms. The highest BCUT2D eigenvalue weighted by Crippen LogP contribution is 2.19. The molecule has 6 nitrogen and oxygen atoms in total. The van der Waals surface area contributed by atoms with Crippen molar-refractivity contribution in [3.05, 3.63) is 66.2 Å². The first kappa shape index (κ1) is 13.9. The monoisotopic (exact) mass is 294 g/mol. The van der Waals surface area contributed by atoms with E-state index in [-0.39, 0.29) is 6.42 Å². The predicted octanol–water partition coefficient (Wildman–Crippen LogP) is 2.02. The van der Waals surface area contributed by atoms with Gasteiger partial charge in [-0.25, -0.2) is 0 Å². The quantitative estimate of drug-likeness (QED) is 0.778. The summed E-state index contributed by atoms with van der Waals surface area (Å²) in [6.07, 6.45) is 3.20. The number of hydrogen-bond donors (Lipinski definition) is 1. The molecule has 0 saturated carbocycles. The maximum absolute atomic E-state index is 11.0. The van der Waals surface area contributed by atoms with Crippen molar-refractivity contribution in [2.45, 2.75) is 13.0 Å². The van der Waals surface area contributed by atoms with Crippen LogP contribution in [0.3, 0.4) is 0 Å². The standard InChI is InChI=1S/C16H14N4O2/c21-15(22)9-14-18-19-16(13-7-4-8-17-10-13)20(14)11-12-5-2-1-3-6-12/h1-8,10H,9,11H2,(H,21,22). The molecule has 0 saturated heterocycles. The molecule has 0 radical (unpaired) electrons. The number of aliphatic carboxylic acids is 1. The maximum atomic E-state index is 11.0. The van der Waals surface area contributed by atoms with Gasteiger partial charge in [0.15, 0.2) is 5.82 Å². The van der Waals surface area contributed by atoms with Crippen LogP contribution in [0, 0.1) is 0 Å². The zero-order chi connectivity index (χ0) is 15.4. The molecule has 0 spiro atoms. The van der Waals surface area contributed by atoms with Gasteiger partial charge in [0, 0.05) is 18.0 Å². The van der Waals surface area contributed by atoms with E-state index in [0.29, 0.717) is 18.2 Å². The van der Waals surface area contributed by atoms with Gasteiger partial charge in [-0.3, -0.25) is 9.78 Å². The Morgan fingerprint density at radius 3 is 2.59 bits per heavy atom. The lowest BCUT2D eigenvalue weighted by Gasteiger charge is -2.09. The zero-order valence-corrected chi connectivity index (χ0v) is 11.8. The van der Waals surface area contributed by atoms with Crippen molar-refractivity contribution in [3.63, 3.8) is 0 Å². The van der Waals surface area contributed by atoms with Crippen LogP contribution in [-0.2, 0) is 17.8 Å². The van der Waals surface area contributed by atoms with Crippen LogP contribution in [0.1, 0.15) is 11.4 Å². The number of nitrogens with zero attached hydrogens (tertiary/aromatic N) is 4. The fraction of sp³-hybridized carbons (Fsp3) is 0.125. The number of carbonyl (C=O) groups is 1. The Hall–Kier alpha value is -3.02. The maximum Gasteiger partial charge on any atom is 0.311 e. The Morgan fingerprint density at radius 2 is 1.91 bits per heavy atom. The second-order valence-corrected chi connectivity index (χ2v) is 4.82. The van der Waals surface area contributed by atoms with Crippen LogP contribution in [-0.4, -0.2) is 30.8 Å². The van der Waals surface area contributed by atoms with Crippen LogP contribution in [0.5, 0.6) is 0 Å². The Kier molecular flexibility index (Phi) is 3.91. The van der Waals surface area contributed by atoms with Gasteiger partial charge in [0.2, 0.25) is 0 Å². The van der Waals surface area contributed by atoms with E-state index in [1.807, 2.05) is 47.0 Å². The SMILES string of the molecule is O=C(O)Cc1nnc(-c2cccnc2)n1Cc1ccccc1. The Balaban J connectivity index is 2.03. The van der Waals surface area contributed by atoms with Gasteiger partial charge >= 0.3 is 5.97 Å². The fourth-order valence-corrected chi connectivity index (χ4v) is 2.24. The third-order valence-electron chi connectivity index (χ3n) is 3.24. The van der Waals surface area contributed by atoms with Crippen molar-refractivity contribution >= 4 is 5.97 Å². The largest absolute Gasteiger partial charge is 0.481 e. The molecule has 3 rings (SSSR count). The third kappa shape index (κ3) is 3.01. The number of aromatic nitrogens is 4. The van der Waals surface area contributed by atoms with E-state index in [0.717, 1.165) is 11.1 Å². The summed E-state index contributed by atoms with van der Waals surface area (Å²) >= 11 is 0. The Labute approximate surface area is 127 Å². The molecule has 0 aliphatic rings. The van der Waals surface area contributed by atoms with Gasteiger partial charge in [-0.2, -0.15) is 0 Å². The number of carboxylic acid groups (broad SMARTS) is 1. The molecule has 0 atom stereocenters. The minimum absolute atomic E-state index is 0.167. The summed E-state index contributed by atoms with van der Waals surface area (Å²) in [5, 5.41) is 17.2. The minimum atomic E-state index is -0.931. The first-order chi connectivity index (χ1) is 10.7. The number of benzene rings is 1. The van der Waals surface area contributed by atoms with Crippen LogP contribution >= 0.6 is 0 Å². The molecule has 0 amide bonds. The van der Waals surface area contributed by atoms with Crippen molar-refractivity contribution in [1.29, 1.82) is 0 Å². The summed E-state index contributed by atoms with van der Waals surface area (Å²) in [5.74, 6) is 0.114. The van der Waals surface area contributed by atoms with E-state index < -0.39 is 5.97 Å². The van der Waals surface area contributed by atoms with Crippen molar-refractivity contribution in [2.75, 3.05) is 0 Å². The summed E-state index contributed by atoms with van der Waals surface area (Å²) in [7, 11) is 0. The molecular formula is C16H14N4O2. The van der Waals surface area contributed by atoms with Gasteiger partial charge in [0.05, 0.1) is 6.54 Å². The number of pyridine rings is 1. The van der Waals surface area contributed by atoms with E-state index in [4.69, 9.17) is 5.11 Å². The van der Waals surface area contributed by atoms with Crippen molar-refractivity contribution in [1.82, 2.24) is 19.7 Å². The van der Waals surface area contributed by atoms with Crippen LogP contribution in [0.4, 0.5) is 0 Å². The lowest BCUT2D eigenvalue weighted by molar-refractivity contribution is -0.136. The zero-order valence-electron chi connectivity index (χ0n) is 11.8. The second-order valence-electron chi connectivity index (χ2n) is 4.82. The van der Waals surface area contributed by atoms with Gasteiger partial charge in [0.25, 0.3) is 0 Å². The van der Waals surface area contributed by atoms with Crippen molar-refractivity contribution in [2.24, 2.45) is 0 Å². The summed E-state index contributed by atoms with van der Waals surface area (Å²) < 4.78 is 1.82. The molecule has 1 aromatic carbocycles. The first-order valence-corrected chi connectivity index (χ1v) is 6.82. The van der Waals surface area contributed by atoms with Crippen molar-refractivity contribution < 1.29 is 9.90 Å². The summed E-state index contributed by atoms with van der Waals surface area (Å²) in [6, 6.07) is 13.5. The van der Waals surface area contributed by atoms with Crippen LogP contribution in [0.2, 0.25) is 0 Å². The number of carboxylic acids is 1. The van der Waals surface area contributed by atoms with Crippen molar-refractivity contribution in [3.8, 4) is 11.4 Å². The second kappa shape index (κ2) is 6.17. The highest BCUT2D eigenvalue weighted by atomic mass is 16.4. The van der Waals surface area contributed by atoms with Gasteiger partial charge < -0.3 is 9.67 Å². The fourth-order valence-electron chi connectivity index (χ4n) is 2.24. The molecule has 1 N–H and O–H groups in total. The first-order valence-electron chi connectivity index (χ1n) is 6.82. The van der Waals surface area contributed by atoms with Crippen LogP contribution in [0.25, 0.3) is 11.4 Å². The Bertz CT molecular complexity index is 769. The summed E-state index contributed by atoms with van der Waals surface area (Å²) in [4.78, 5) is 15.1. The van der Waals surface area contributed by atoms with E-state index in [1.165, 1.54) is 0 Å². The summed E-state index contributed by atoms with van der Waals surface area (Å²) in [6.45, 7) is 0.515. The molecule has 0 aliphatic carbocycles. The van der Waals surface area contributed by atoms with Gasteiger partial charge in [-0.15, -0.1) is 10.2 Å². The molecule has 22 heavy (non-hydrogen) atoms. The molecular weight excluding hydrogens is 280 g/mol. The third-order valence-corrected chi connectivity index (χ3v) is 3.24. The normalized spacial score (nSPS) is 10.5. The minimum Gasteiger partial charge on any atom is -0.481 e. The summed E-state index contributed by atoms with van der Waals surface area (Å²) in [5.41, 5.74) is 1.86. The van der Waals surface area contributed by atoms with Crippen LogP contribution in [0.15, 0.2) is 54.9 Å². The van der Waals surface area contributed by atoms with Gasteiger partial charge in [-0.05, 0) is 17.7 Å². The number of hydrogen-bond acceptors (Lipinski definition) is 4. The van der Waals surface area contributed by atoms with E-state index in [1.54, 1.807) is 12.4 Å². The molecule has 0 bridgehead atoms. The average Bonchev–Trinajstić information content (AvgIpc) is 2.91. The molecule has 2 heterocycles. The van der Waals surface area contributed by atoms with Gasteiger partial charge in [0.1, 0.15) is 12.2 Å². The molecule has 2 aromatic heterocycles. The highest BCUT2D eigenvalue weighted by molar-refractivity contribution is 5.69. The van der Waals surface area contributed by atoms with E-state index >= 15 is 0 Å². The predicted molar refractivity (Wildman–Crippen MR) is 80.1 cm³/mol. The molecule has 0 fully saturated rings. The van der Waals surface area contributed by atoms with Gasteiger partial charge in [-0.1, -0.05) is 30.3 Å². The van der Waals surface area contributed by atoms with E-state index in [9.17, 15) is 4.79 Å². The lowest BCUT2D eigenvalue weighted by atomic mass is 10.2. The molecule has 0 unspecified atom stereocenters. The highest BCUT2D eigenvalue weighted by Gasteiger charge is 2.16. The number of rotatable bonds is 5. The molecule has 3 aromatic rings. The van der Waals surface area contributed by atoms with E-state index in [2.05, 4.69) is 15.2 Å². The van der Waals surface area contributed by atoms with Crippen LogP contribution < -0.4 is 0 Å². The smallest absolute Gasteiger partial charge is 0.311 e. The Morgan fingerprint density at radius 1 is 1.09 bits per heavy atom. The topological polar surface area (TPSA) is 80.9 Å². The lowest BCUT2D eigenvalue weighted by Crippen LogP contribution is -2.11.